The first-order valence-electron chi connectivity index (χ1n) is 9.23. The summed E-state index contributed by atoms with van der Waals surface area (Å²) in [7, 11) is 0. The highest BCUT2D eigenvalue weighted by atomic mass is 16.3. The predicted molar refractivity (Wildman–Crippen MR) is 98.9 cm³/mol. The number of carbonyl (C=O) groups is 1. The fraction of sp³-hybridized carbons (Fsp3) is 0.550. The largest absolute Gasteiger partial charge is 0.450 e. The van der Waals surface area contributed by atoms with Crippen molar-refractivity contribution in [2.45, 2.75) is 45.6 Å². The van der Waals surface area contributed by atoms with Crippen molar-refractivity contribution in [2.24, 2.45) is 0 Å². The molecule has 1 unspecified atom stereocenters. The van der Waals surface area contributed by atoms with Crippen LogP contribution in [0.5, 0.6) is 0 Å². The number of benzene rings is 1. The number of para-hydroxylation sites is 1. The second-order valence-corrected chi connectivity index (χ2v) is 6.99. The summed E-state index contributed by atoms with van der Waals surface area (Å²) in [4.78, 5) is 14.8. The van der Waals surface area contributed by atoms with E-state index in [0.717, 1.165) is 54.4 Å². The van der Waals surface area contributed by atoms with Crippen molar-refractivity contribution in [3.63, 3.8) is 0 Å². The lowest BCUT2D eigenvalue weighted by Crippen LogP contribution is -2.33. The van der Waals surface area contributed by atoms with E-state index < -0.39 is 0 Å². The van der Waals surface area contributed by atoms with E-state index in [0.29, 0.717) is 18.3 Å². The number of aryl methyl sites for hydroxylation is 2. The zero-order valence-electron chi connectivity index (χ0n) is 15.2. The number of hydrogen-bond acceptors (Lipinski definition) is 4. The van der Waals surface area contributed by atoms with Crippen molar-refractivity contribution in [1.82, 2.24) is 10.2 Å². The molecular weight excluding hydrogens is 316 g/mol. The molecule has 1 atom stereocenters. The van der Waals surface area contributed by atoms with Gasteiger partial charge >= 0.3 is 0 Å². The minimum Gasteiger partial charge on any atom is -0.450 e. The van der Waals surface area contributed by atoms with Crippen LogP contribution in [0, 0.1) is 13.8 Å². The molecule has 1 aromatic heterocycles. The van der Waals surface area contributed by atoms with Gasteiger partial charge in [0.2, 0.25) is 0 Å². The first-order chi connectivity index (χ1) is 12.1. The Morgan fingerprint density at radius 1 is 1.36 bits per heavy atom. The molecule has 5 nitrogen and oxygen atoms in total. The van der Waals surface area contributed by atoms with Gasteiger partial charge in [0.1, 0.15) is 5.58 Å². The Morgan fingerprint density at radius 2 is 2.20 bits per heavy atom. The third-order valence-electron chi connectivity index (χ3n) is 5.23. The number of carbonyl (C=O) groups excluding carboxylic acids is 1. The van der Waals surface area contributed by atoms with Gasteiger partial charge in [-0.1, -0.05) is 18.2 Å². The minimum atomic E-state index is -0.137. The highest BCUT2D eigenvalue weighted by Gasteiger charge is 2.23. The Morgan fingerprint density at radius 3 is 2.96 bits per heavy atom. The summed E-state index contributed by atoms with van der Waals surface area (Å²) in [5, 5.41) is 13.3. The van der Waals surface area contributed by atoms with Crippen molar-refractivity contribution < 1.29 is 14.3 Å². The van der Waals surface area contributed by atoms with Gasteiger partial charge in [-0.2, -0.15) is 0 Å². The fourth-order valence-corrected chi connectivity index (χ4v) is 3.72. The highest BCUT2D eigenvalue weighted by Crippen LogP contribution is 2.27. The van der Waals surface area contributed by atoms with Gasteiger partial charge in [0.05, 0.1) is 6.61 Å². The van der Waals surface area contributed by atoms with E-state index in [2.05, 4.69) is 10.2 Å². The molecule has 0 aliphatic carbocycles. The van der Waals surface area contributed by atoms with Crippen LogP contribution >= 0.6 is 0 Å². The Hall–Kier alpha value is -1.85. The Balaban J connectivity index is 1.48. The molecule has 1 amide bonds. The van der Waals surface area contributed by atoms with Gasteiger partial charge in [-0.05, 0) is 58.2 Å². The summed E-state index contributed by atoms with van der Waals surface area (Å²) < 4.78 is 5.81. The van der Waals surface area contributed by atoms with Gasteiger partial charge < -0.3 is 14.8 Å². The van der Waals surface area contributed by atoms with Crippen molar-refractivity contribution in [3.8, 4) is 0 Å². The number of hydrogen-bond donors (Lipinski definition) is 2. The van der Waals surface area contributed by atoms with E-state index in [1.807, 2.05) is 32.0 Å². The molecule has 0 spiro atoms. The van der Waals surface area contributed by atoms with Crippen molar-refractivity contribution in [3.05, 3.63) is 35.1 Å². The summed E-state index contributed by atoms with van der Waals surface area (Å²) in [5.41, 5.74) is 2.75. The Kier molecular flexibility index (Phi) is 5.76. The molecule has 0 bridgehead atoms. The SMILES string of the molecule is Cc1c(C(=O)NCCCCN2CCCC2CO)oc2c(C)cccc12. The summed E-state index contributed by atoms with van der Waals surface area (Å²) in [5.74, 6) is 0.284. The summed E-state index contributed by atoms with van der Waals surface area (Å²) in [6.07, 6.45) is 4.22. The molecule has 1 aliphatic rings. The molecule has 1 aliphatic heterocycles. The summed E-state index contributed by atoms with van der Waals surface area (Å²) in [6.45, 7) is 6.89. The topological polar surface area (TPSA) is 65.7 Å². The van der Waals surface area contributed by atoms with E-state index in [4.69, 9.17) is 4.42 Å². The summed E-state index contributed by atoms with van der Waals surface area (Å²) in [6, 6.07) is 6.30. The number of nitrogens with one attached hydrogen (secondary N) is 1. The van der Waals surface area contributed by atoms with Crippen LogP contribution in [0.15, 0.2) is 22.6 Å². The van der Waals surface area contributed by atoms with Gasteiger partial charge in [-0.3, -0.25) is 9.69 Å². The second kappa shape index (κ2) is 8.02. The smallest absolute Gasteiger partial charge is 0.287 e. The second-order valence-electron chi connectivity index (χ2n) is 6.99. The molecule has 2 N–H and O–H groups in total. The quantitative estimate of drug-likeness (QED) is 0.758. The third-order valence-corrected chi connectivity index (χ3v) is 5.23. The molecule has 1 fully saturated rings. The Labute approximate surface area is 149 Å². The number of fused-ring (bicyclic) bond motifs is 1. The molecule has 136 valence electrons. The van der Waals surface area contributed by atoms with Crippen LogP contribution in [0.2, 0.25) is 0 Å². The molecule has 3 rings (SSSR count). The van der Waals surface area contributed by atoms with Gasteiger partial charge in [0.25, 0.3) is 5.91 Å². The molecule has 2 heterocycles. The van der Waals surface area contributed by atoms with Gasteiger partial charge in [-0.25, -0.2) is 0 Å². The molecule has 25 heavy (non-hydrogen) atoms. The third kappa shape index (κ3) is 3.88. The van der Waals surface area contributed by atoms with Crippen molar-refractivity contribution >= 4 is 16.9 Å². The molecule has 0 saturated carbocycles. The van der Waals surface area contributed by atoms with Gasteiger partial charge in [0, 0.05) is 23.5 Å². The lowest BCUT2D eigenvalue weighted by atomic mass is 10.1. The number of likely N-dealkylation sites (tertiary alicyclic amines) is 1. The van der Waals surface area contributed by atoms with Crippen LogP contribution in [-0.2, 0) is 0 Å². The molecule has 0 radical (unpaired) electrons. The maximum Gasteiger partial charge on any atom is 0.287 e. The average molecular weight is 344 g/mol. The van der Waals surface area contributed by atoms with E-state index in [1.165, 1.54) is 6.42 Å². The van der Waals surface area contributed by atoms with E-state index in [-0.39, 0.29) is 12.5 Å². The molecule has 2 aromatic rings. The lowest BCUT2D eigenvalue weighted by Gasteiger charge is -2.22. The van der Waals surface area contributed by atoms with Crippen LogP contribution in [0.4, 0.5) is 0 Å². The molecular formula is C20H28N2O3. The lowest BCUT2D eigenvalue weighted by molar-refractivity contribution is 0.0926. The predicted octanol–water partition coefficient (Wildman–Crippen LogP) is 3.02. The number of amides is 1. The van der Waals surface area contributed by atoms with Crippen LogP contribution < -0.4 is 5.32 Å². The number of furan rings is 1. The maximum atomic E-state index is 12.4. The normalized spacial score (nSPS) is 18.1. The van der Waals surface area contributed by atoms with Crippen LogP contribution in [0.1, 0.15) is 47.4 Å². The van der Waals surface area contributed by atoms with Crippen LogP contribution in [-0.4, -0.2) is 48.2 Å². The highest BCUT2D eigenvalue weighted by molar-refractivity contribution is 5.99. The fourth-order valence-electron chi connectivity index (χ4n) is 3.72. The monoisotopic (exact) mass is 344 g/mol. The molecule has 1 aromatic carbocycles. The number of nitrogens with zero attached hydrogens (tertiary/aromatic N) is 1. The number of unbranched alkanes of at least 4 members (excludes halogenated alkanes) is 1. The standard InChI is InChI=1S/C20H28N2O3/c1-14-7-5-9-17-15(2)19(25-18(14)17)20(24)21-10-3-4-11-22-12-6-8-16(22)13-23/h5,7,9,16,23H,3-4,6,8,10-13H2,1-2H3,(H,21,24). The van der Waals surface area contributed by atoms with Gasteiger partial charge in [0.15, 0.2) is 5.76 Å². The number of rotatable bonds is 7. The number of aliphatic hydroxyl groups excluding tert-OH is 1. The molecule has 5 heteroatoms. The maximum absolute atomic E-state index is 12.4. The van der Waals surface area contributed by atoms with Gasteiger partial charge in [-0.15, -0.1) is 0 Å². The van der Waals surface area contributed by atoms with E-state index >= 15 is 0 Å². The minimum absolute atomic E-state index is 0.137. The average Bonchev–Trinajstić information content (AvgIpc) is 3.20. The van der Waals surface area contributed by atoms with Crippen molar-refractivity contribution in [2.75, 3.05) is 26.2 Å². The first-order valence-corrected chi connectivity index (χ1v) is 9.23. The van der Waals surface area contributed by atoms with E-state index in [9.17, 15) is 9.90 Å². The summed E-state index contributed by atoms with van der Waals surface area (Å²) >= 11 is 0. The van der Waals surface area contributed by atoms with E-state index in [1.54, 1.807) is 0 Å². The Bertz CT molecular complexity index is 738. The van der Waals surface area contributed by atoms with Crippen LogP contribution in [0.3, 0.4) is 0 Å². The zero-order chi connectivity index (χ0) is 17.8. The zero-order valence-corrected chi connectivity index (χ0v) is 15.2. The first kappa shape index (κ1) is 18.0. The van der Waals surface area contributed by atoms with Crippen molar-refractivity contribution in [1.29, 1.82) is 0 Å². The van der Waals surface area contributed by atoms with Crippen LogP contribution in [0.25, 0.3) is 11.0 Å². The number of aliphatic hydroxyl groups is 1. The molecule has 1 saturated heterocycles.